The van der Waals surface area contributed by atoms with Gasteiger partial charge in [0, 0.05) is 5.41 Å². The molecule has 0 saturated carbocycles. The van der Waals surface area contributed by atoms with Crippen LogP contribution in [0.1, 0.15) is 30.5 Å². The molecule has 0 atom stereocenters. The van der Waals surface area contributed by atoms with E-state index in [4.69, 9.17) is 9.78 Å². The van der Waals surface area contributed by atoms with Crippen molar-refractivity contribution in [3.63, 3.8) is 0 Å². The van der Waals surface area contributed by atoms with Gasteiger partial charge in [-0.15, -0.1) is 0 Å². The van der Waals surface area contributed by atoms with E-state index in [0.29, 0.717) is 12.4 Å². The van der Waals surface area contributed by atoms with Crippen molar-refractivity contribution in [1.29, 1.82) is 0 Å². The lowest BCUT2D eigenvalue weighted by atomic mass is 9.78. The van der Waals surface area contributed by atoms with E-state index in [1.807, 2.05) is 6.07 Å². The summed E-state index contributed by atoms with van der Waals surface area (Å²) in [6, 6.07) is 19.2. The molecule has 0 amide bonds. The quantitative estimate of drug-likeness (QED) is 0.219. The summed E-state index contributed by atoms with van der Waals surface area (Å²) in [6.07, 6.45) is 2.30. The molecule has 0 aliphatic rings. The zero-order chi connectivity index (χ0) is 16.7. The van der Waals surface area contributed by atoms with Crippen LogP contribution >= 0.6 is 0 Å². The van der Waals surface area contributed by atoms with Gasteiger partial charge in [-0.3, -0.25) is 0 Å². The maximum absolute atomic E-state index is 5.09. The summed E-state index contributed by atoms with van der Waals surface area (Å²) in [5.41, 5.74) is 3.81. The van der Waals surface area contributed by atoms with Crippen LogP contribution < -0.4 is 0 Å². The lowest BCUT2D eigenvalue weighted by Gasteiger charge is -2.26. The first-order valence-electron chi connectivity index (χ1n) is 7.80. The molecule has 120 valence electrons. The molecule has 23 heavy (non-hydrogen) atoms. The molecule has 2 aromatic rings. The van der Waals surface area contributed by atoms with Crippen LogP contribution in [0.2, 0.25) is 0 Å². The highest BCUT2D eigenvalue weighted by Gasteiger charge is 2.22. The monoisotopic (exact) mass is 308 g/mol. The van der Waals surface area contributed by atoms with Gasteiger partial charge in [-0.1, -0.05) is 81.6 Å². The fourth-order valence-electron chi connectivity index (χ4n) is 2.42. The molecule has 2 nitrogen and oxygen atoms in total. The van der Waals surface area contributed by atoms with Gasteiger partial charge in [-0.25, -0.2) is 0 Å². The van der Waals surface area contributed by atoms with Crippen LogP contribution in [0.25, 0.3) is 0 Å². The highest BCUT2D eigenvalue weighted by atomic mass is 17.2. The van der Waals surface area contributed by atoms with E-state index < -0.39 is 0 Å². The number of allylic oxidation sites excluding steroid dienone is 1. The van der Waals surface area contributed by atoms with Crippen LogP contribution in [0.3, 0.4) is 0 Å². The van der Waals surface area contributed by atoms with Gasteiger partial charge < -0.3 is 4.89 Å². The molecule has 0 heterocycles. The molecule has 2 aromatic carbocycles. The summed E-state index contributed by atoms with van der Waals surface area (Å²) in [7, 11) is 0. The highest BCUT2D eigenvalue weighted by molar-refractivity contribution is 5.38. The summed E-state index contributed by atoms with van der Waals surface area (Å²) < 4.78 is 0. The van der Waals surface area contributed by atoms with Crippen LogP contribution in [0.5, 0.6) is 0 Å². The minimum atomic E-state index is -0.0128. The molecule has 2 rings (SSSR count). The van der Waals surface area contributed by atoms with Crippen molar-refractivity contribution < 1.29 is 9.78 Å². The average Bonchev–Trinajstić information content (AvgIpc) is 2.59. The molecule has 0 N–H and O–H groups in total. The second-order valence-electron chi connectivity index (χ2n) is 6.01. The molecule has 0 aliphatic heterocycles. The van der Waals surface area contributed by atoms with Crippen molar-refractivity contribution >= 4 is 0 Å². The minimum absolute atomic E-state index is 0.0128. The molecule has 0 fully saturated rings. The van der Waals surface area contributed by atoms with Gasteiger partial charge >= 0.3 is 0 Å². The third kappa shape index (κ3) is 4.57. The van der Waals surface area contributed by atoms with Gasteiger partial charge in [0.05, 0.1) is 6.61 Å². The molecule has 0 spiro atoms. The van der Waals surface area contributed by atoms with E-state index >= 15 is 0 Å². The lowest BCUT2D eigenvalue weighted by molar-refractivity contribution is -0.256. The fourth-order valence-corrected chi connectivity index (χ4v) is 2.42. The summed E-state index contributed by atoms with van der Waals surface area (Å²) >= 11 is 0. The van der Waals surface area contributed by atoms with Crippen LogP contribution in [0, 0.1) is 0 Å². The number of hydrogen-bond acceptors (Lipinski definition) is 2. The minimum Gasteiger partial charge on any atom is -0.338 e. The van der Waals surface area contributed by atoms with Crippen LogP contribution in [0.15, 0.2) is 79.6 Å². The summed E-state index contributed by atoms with van der Waals surface area (Å²) in [5.74, 6) is 0.421. The highest BCUT2D eigenvalue weighted by Crippen LogP contribution is 2.31. The van der Waals surface area contributed by atoms with E-state index in [-0.39, 0.29) is 5.41 Å². The van der Waals surface area contributed by atoms with E-state index in [9.17, 15) is 0 Å². The zero-order valence-corrected chi connectivity index (χ0v) is 13.9. The first-order chi connectivity index (χ1) is 11.0. The van der Waals surface area contributed by atoms with Gasteiger partial charge in [-0.2, -0.15) is 4.89 Å². The summed E-state index contributed by atoms with van der Waals surface area (Å²) in [6.45, 7) is 12.1. The third-order valence-electron chi connectivity index (χ3n) is 4.04. The van der Waals surface area contributed by atoms with Gasteiger partial charge in [0.2, 0.25) is 0 Å². The maximum atomic E-state index is 5.09. The molecular weight excluding hydrogens is 284 g/mol. The van der Waals surface area contributed by atoms with E-state index in [2.05, 4.69) is 75.5 Å². The Morgan fingerprint density at radius 1 is 1.00 bits per heavy atom. The largest absolute Gasteiger partial charge is 0.338 e. The molecule has 0 radical (unpaired) electrons. The standard InChI is InChI=1S/C21H24O2/c1-5-17(2)23-22-16-15-18-11-13-20(14-12-18)21(3,4)19-9-7-6-8-10-19/h5-14H,1-2,15-16H2,3-4H3. The molecular formula is C21H24O2. The molecule has 2 heteroatoms. The van der Waals surface area contributed by atoms with Gasteiger partial charge in [0.15, 0.2) is 5.76 Å². The topological polar surface area (TPSA) is 18.5 Å². The Labute approximate surface area is 139 Å². The number of hydrogen-bond donors (Lipinski definition) is 0. The normalized spacial score (nSPS) is 11.0. The first kappa shape index (κ1) is 17.0. The lowest BCUT2D eigenvalue weighted by Crippen LogP contribution is -2.18. The molecule has 0 bridgehead atoms. The molecule has 0 aliphatic carbocycles. The van der Waals surface area contributed by atoms with Crippen LogP contribution in [-0.2, 0) is 21.6 Å². The second-order valence-corrected chi connectivity index (χ2v) is 6.01. The summed E-state index contributed by atoms with van der Waals surface area (Å²) in [5, 5.41) is 0. The van der Waals surface area contributed by atoms with Crippen molar-refractivity contribution in [2.45, 2.75) is 25.7 Å². The van der Waals surface area contributed by atoms with E-state index in [1.54, 1.807) is 0 Å². The predicted molar refractivity (Wildman–Crippen MR) is 95.1 cm³/mol. The van der Waals surface area contributed by atoms with Crippen molar-refractivity contribution in [3.8, 4) is 0 Å². The van der Waals surface area contributed by atoms with E-state index in [0.717, 1.165) is 6.42 Å². The molecule has 0 unspecified atom stereocenters. The van der Waals surface area contributed by atoms with Gasteiger partial charge in [-0.05, 0) is 29.2 Å². The SMILES string of the molecule is C=CC(=C)OOCCc1ccc(C(C)(C)c2ccccc2)cc1. The smallest absolute Gasteiger partial charge is 0.157 e. The fraction of sp³-hybridized carbons (Fsp3) is 0.238. The Bertz CT molecular complexity index is 639. The zero-order valence-electron chi connectivity index (χ0n) is 13.9. The Balaban J connectivity index is 1.96. The number of rotatable bonds is 8. The van der Waals surface area contributed by atoms with Crippen molar-refractivity contribution in [2.75, 3.05) is 6.61 Å². The second kappa shape index (κ2) is 7.80. The maximum Gasteiger partial charge on any atom is 0.157 e. The van der Waals surface area contributed by atoms with E-state index in [1.165, 1.54) is 22.8 Å². The van der Waals surface area contributed by atoms with Crippen LogP contribution in [0.4, 0.5) is 0 Å². The Kier molecular flexibility index (Phi) is 5.78. The number of benzene rings is 2. The third-order valence-corrected chi connectivity index (χ3v) is 4.04. The van der Waals surface area contributed by atoms with Crippen LogP contribution in [-0.4, -0.2) is 6.61 Å². The van der Waals surface area contributed by atoms with Crippen molar-refractivity contribution in [3.05, 3.63) is 96.3 Å². The Morgan fingerprint density at radius 2 is 1.61 bits per heavy atom. The van der Waals surface area contributed by atoms with Crippen molar-refractivity contribution in [1.82, 2.24) is 0 Å². The first-order valence-corrected chi connectivity index (χ1v) is 7.80. The summed E-state index contributed by atoms with van der Waals surface area (Å²) in [4.78, 5) is 10.0. The average molecular weight is 308 g/mol. The van der Waals surface area contributed by atoms with Crippen molar-refractivity contribution in [2.24, 2.45) is 0 Å². The molecule has 0 aromatic heterocycles. The Hall–Kier alpha value is -2.32. The van der Waals surface area contributed by atoms with Gasteiger partial charge in [0.1, 0.15) is 0 Å². The molecule has 0 saturated heterocycles. The Morgan fingerprint density at radius 3 is 2.22 bits per heavy atom. The predicted octanol–water partition coefficient (Wildman–Crippen LogP) is 5.20. The van der Waals surface area contributed by atoms with Gasteiger partial charge in [0.25, 0.3) is 0 Å².